The molecule has 1 amide bonds. The zero-order chi connectivity index (χ0) is 26.1. The fraction of sp³-hybridized carbons (Fsp3) is 0.391. The van der Waals surface area contributed by atoms with Crippen LogP contribution in [0.1, 0.15) is 33.4 Å². The van der Waals surface area contributed by atoms with Crippen LogP contribution in [0, 0.1) is 0 Å². The molecule has 0 saturated carbocycles. The topological polar surface area (TPSA) is 121 Å². The third-order valence-corrected chi connectivity index (χ3v) is 5.14. The van der Waals surface area contributed by atoms with Crippen LogP contribution >= 0.6 is 0 Å². The van der Waals surface area contributed by atoms with Gasteiger partial charge in [0.05, 0.1) is 32.0 Å². The van der Waals surface area contributed by atoms with E-state index < -0.39 is 12.1 Å². The lowest BCUT2D eigenvalue weighted by molar-refractivity contribution is -0.192. The van der Waals surface area contributed by atoms with Crippen molar-refractivity contribution in [2.24, 2.45) is 0 Å². The van der Waals surface area contributed by atoms with Gasteiger partial charge in [0.1, 0.15) is 11.8 Å². The second-order valence-electron chi connectivity index (χ2n) is 7.80. The van der Waals surface area contributed by atoms with Gasteiger partial charge in [0.25, 0.3) is 5.91 Å². The lowest BCUT2D eigenvalue weighted by atomic mass is 10.1. The van der Waals surface area contributed by atoms with Crippen molar-refractivity contribution in [1.29, 1.82) is 0 Å². The molecule has 1 aliphatic rings. The Bertz CT molecular complexity index is 1150. The predicted octanol–water partition coefficient (Wildman–Crippen LogP) is 2.45. The van der Waals surface area contributed by atoms with Crippen molar-refractivity contribution in [2.45, 2.75) is 31.8 Å². The van der Waals surface area contributed by atoms with Crippen LogP contribution in [0.15, 0.2) is 48.8 Å². The number of hydrogen-bond donors (Lipinski definition) is 2. The van der Waals surface area contributed by atoms with Crippen molar-refractivity contribution in [3.8, 4) is 0 Å². The van der Waals surface area contributed by atoms with Crippen LogP contribution in [0.3, 0.4) is 0 Å². The largest absolute Gasteiger partial charge is 0.490 e. The Kier molecular flexibility index (Phi) is 9.19. The van der Waals surface area contributed by atoms with Crippen molar-refractivity contribution in [2.75, 3.05) is 26.9 Å². The van der Waals surface area contributed by atoms with Gasteiger partial charge in [-0.15, -0.1) is 0 Å². The van der Waals surface area contributed by atoms with Gasteiger partial charge >= 0.3 is 12.1 Å². The van der Waals surface area contributed by atoms with Crippen LogP contribution in [0.4, 0.5) is 13.2 Å². The number of nitrogens with one attached hydrogen (secondary N) is 1. The van der Waals surface area contributed by atoms with Crippen LogP contribution < -0.4 is 5.32 Å². The average molecular weight is 509 g/mol. The number of carboxylic acid groups (broad SMARTS) is 1. The Labute approximate surface area is 204 Å². The maximum Gasteiger partial charge on any atom is 0.490 e. The second kappa shape index (κ2) is 12.3. The standard InChI is InChI=1S/C21H25N5O3.C2HF3O2/c1-28-12-10-25-9-7-18(23-25)21(27)22-13-19-20-17(8-11-29-19)15-26(24-20)14-16-5-3-2-4-6-16;3-2(4,5)1(6)7/h2-7,9,15,19H,8,10-14H2,1H3,(H,22,27);(H,6,7). The number of benzene rings is 1. The van der Waals surface area contributed by atoms with Crippen molar-refractivity contribution in [3.05, 3.63) is 71.3 Å². The number of halogens is 3. The normalized spacial score (nSPS) is 14.9. The predicted molar refractivity (Wildman–Crippen MR) is 120 cm³/mol. The van der Waals surface area contributed by atoms with Crippen molar-refractivity contribution >= 4 is 11.9 Å². The first-order chi connectivity index (χ1) is 17.2. The molecule has 0 aliphatic carbocycles. The van der Waals surface area contributed by atoms with E-state index in [0.29, 0.717) is 38.5 Å². The number of ether oxygens (including phenoxy) is 2. The third-order valence-electron chi connectivity index (χ3n) is 5.14. The fourth-order valence-corrected chi connectivity index (χ4v) is 3.41. The number of amides is 1. The highest BCUT2D eigenvalue weighted by atomic mass is 19.4. The highest BCUT2D eigenvalue weighted by Crippen LogP contribution is 2.25. The number of aliphatic carboxylic acids is 1. The van der Waals surface area contributed by atoms with Gasteiger partial charge in [0.2, 0.25) is 0 Å². The number of aromatic nitrogens is 4. The Morgan fingerprint density at radius 1 is 1.19 bits per heavy atom. The highest BCUT2D eigenvalue weighted by molar-refractivity contribution is 5.92. The van der Waals surface area contributed by atoms with Gasteiger partial charge in [-0.2, -0.15) is 23.4 Å². The first-order valence-corrected chi connectivity index (χ1v) is 11.0. The number of nitrogens with zero attached hydrogens (tertiary/aromatic N) is 4. The second-order valence-corrected chi connectivity index (χ2v) is 7.80. The SMILES string of the molecule is COCCn1ccc(C(=O)NCC2OCCc3cn(Cc4ccccc4)nc32)n1.O=C(O)C(F)(F)F. The minimum Gasteiger partial charge on any atom is -0.475 e. The quantitative estimate of drug-likeness (QED) is 0.479. The molecule has 3 heterocycles. The van der Waals surface area contributed by atoms with E-state index in [0.717, 1.165) is 12.1 Å². The molecule has 13 heteroatoms. The summed E-state index contributed by atoms with van der Waals surface area (Å²) in [5.74, 6) is -2.98. The number of alkyl halides is 3. The van der Waals surface area contributed by atoms with E-state index in [2.05, 4.69) is 28.7 Å². The van der Waals surface area contributed by atoms with Gasteiger partial charge in [-0.3, -0.25) is 14.2 Å². The summed E-state index contributed by atoms with van der Waals surface area (Å²) in [6.07, 6.45) is -0.653. The number of carbonyl (C=O) groups is 2. The Morgan fingerprint density at radius 2 is 1.92 bits per heavy atom. The van der Waals surface area contributed by atoms with E-state index in [-0.39, 0.29) is 12.0 Å². The summed E-state index contributed by atoms with van der Waals surface area (Å²) < 4.78 is 46.3. The van der Waals surface area contributed by atoms with E-state index >= 15 is 0 Å². The van der Waals surface area contributed by atoms with Crippen LogP contribution in [0.2, 0.25) is 0 Å². The van der Waals surface area contributed by atoms with Gasteiger partial charge in [0, 0.05) is 26.0 Å². The molecule has 2 aromatic heterocycles. The van der Waals surface area contributed by atoms with E-state index in [1.54, 1.807) is 24.1 Å². The summed E-state index contributed by atoms with van der Waals surface area (Å²) in [5.41, 5.74) is 3.65. The minimum absolute atomic E-state index is 0.222. The van der Waals surface area contributed by atoms with Gasteiger partial charge < -0.3 is 19.9 Å². The van der Waals surface area contributed by atoms with E-state index in [4.69, 9.17) is 24.5 Å². The minimum atomic E-state index is -5.08. The number of carboxylic acids is 1. The maximum atomic E-state index is 12.4. The summed E-state index contributed by atoms with van der Waals surface area (Å²) in [5, 5.41) is 19.0. The molecule has 194 valence electrons. The van der Waals surface area contributed by atoms with E-state index in [1.165, 1.54) is 11.1 Å². The first kappa shape index (κ1) is 26.9. The summed E-state index contributed by atoms with van der Waals surface area (Å²) in [6, 6.07) is 11.9. The highest BCUT2D eigenvalue weighted by Gasteiger charge is 2.38. The van der Waals surface area contributed by atoms with Crippen molar-refractivity contribution in [1.82, 2.24) is 24.9 Å². The summed E-state index contributed by atoms with van der Waals surface area (Å²) in [7, 11) is 1.64. The number of fused-ring (bicyclic) bond motifs is 1. The molecule has 3 aromatic rings. The van der Waals surface area contributed by atoms with E-state index in [9.17, 15) is 18.0 Å². The van der Waals surface area contributed by atoms with Crippen molar-refractivity contribution < 1.29 is 37.3 Å². The maximum absolute atomic E-state index is 12.4. The molecular formula is C23H26F3N5O5. The summed E-state index contributed by atoms with van der Waals surface area (Å²) in [4.78, 5) is 21.3. The molecule has 0 radical (unpaired) electrons. The lowest BCUT2D eigenvalue weighted by Crippen LogP contribution is -2.32. The number of hydrogen-bond acceptors (Lipinski definition) is 6. The van der Waals surface area contributed by atoms with Crippen LogP contribution in [-0.4, -0.2) is 69.6 Å². The molecule has 0 saturated heterocycles. The molecule has 36 heavy (non-hydrogen) atoms. The number of rotatable bonds is 8. The molecule has 0 fully saturated rings. The molecule has 10 nitrogen and oxygen atoms in total. The third kappa shape index (κ3) is 7.65. The molecular weight excluding hydrogens is 483 g/mol. The molecule has 4 rings (SSSR count). The molecule has 1 aliphatic heterocycles. The van der Waals surface area contributed by atoms with E-state index in [1.807, 2.05) is 22.9 Å². The monoisotopic (exact) mass is 509 g/mol. The average Bonchev–Trinajstić information content (AvgIpc) is 3.48. The van der Waals surface area contributed by atoms with Gasteiger partial charge in [-0.05, 0) is 23.6 Å². The lowest BCUT2D eigenvalue weighted by Gasteiger charge is -2.22. The zero-order valence-corrected chi connectivity index (χ0v) is 19.4. The smallest absolute Gasteiger partial charge is 0.475 e. The van der Waals surface area contributed by atoms with Gasteiger partial charge in [-0.1, -0.05) is 30.3 Å². The first-order valence-electron chi connectivity index (χ1n) is 11.0. The fourth-order valence-electron chi connectivity index (χ4n) is 3.41. The van der Waals surface area contributed by atoms with Crippen LogP contribution in [0.25, 0.3) is 0 Å². The Hall–Kier alpha value is -3.71. The Balaban J connectivity index is 0.000000454. The summed E-state index contributed by atoms with van der Waals surface area (Å²) in [6.45, 7) is 2.85. The molecule has 2 N–H and O–H groups in total. The molecule has 1 aromatic carbocycles. The van der Waals surface area contributed by atoms with Crippen LogP contribution in [0.5, 0.6) is 0 Å². The molecule has 1 atom stereocenters. The number of methoxy groups -OCH3 is 1. The summed E-state index contributed by atoms with van der Waals surface area (Å²) >= 11 is 0. The number of carbonyl (C=O) groups excluding carboxylic acids is 1. The Morgan fingerprint density at radius 3 is 2.58 bits per heavy atom. The van der Waals surface area contributed by atoms with Crippen molar-refractivity contribution in [3.63, 3.8) is 0 Å². The zero-order valence-electron chi connectivity index (χ0n) is 19.4. The van der Waals surface area contributed by atoms with Gasteiger partial charge in [-0.25, -0.2) is 4.79 Å². The molecule has 0 spiro atoms. The van der Waals surface area contributed by atoms with Gasteiger partial charge in [0.15, 0.2) is 0 Å². The van der Waals surface area contributed by atoms with Crippen LogP contribution in [-0.2, 0) is 33.8 Å². The molecule has 0 bridgehead atoms. The molecule has 1 unspecified atom stereocenters.